The molecular weight excluding hydrogens is 220 g/mol. The molecular formula is C12H18N2O3. The molecule has 1 N–H and O–H groups in total. The minimum Gasteiger partial charge on any atom is -0.480 e. The van der Waals surface area contributed by atoms with Crippen molar-refractivity contribution >= 4 is 5.97 Å². The number of hydrogen-bond acceptors (Lipinski definition) is 4. The number of pyridine rings is 1. The highest BCUT2D eigenvalue weighted by Gasteiger charge is 2.39. The first-order chi connectivity index (χ1) is 8.03. The zero-order valence-electron chi connectivity index (χ0n) is 10.4. The van der Waals surface area contributed by atoms with E-state index in [4.69, 9.17) is 4.74 Å². The number of aliphatic carboxylic acids is 1. The van der Waals surface area contributed by atoms with Crippen molar-refractivity contribution in [3.8, 4) is 0 Å². The first kappa shape index (κ1) is 13.6. The highest BCUT2D eigenvalue weighted by molar-refractivity contribution is 5.80. The van der Waals surface area contributed by atoms with Crippen LogP contribution in [-0.4, -0.2) is 48.3 Å². The highest BCUT2D eigenvalue weighted by Crippen LogP contribution is 2.26. The van der Waals surface area contributed by atoms with E-state index in [2.05, 4.69) is 4.98 Å². The largest absolute Gasteiger partial charge is 0.480 e. The van der Waals surface area contributed by atoms with Crippen LogP contribution in [0.5, 0.6) is 0 Å². The third kappa shape index (κ3) is 2.81. The van der Waals surface area contributed by atoms with Crippen molar-refractivity contribution in [3.63, 3.8) is 0 Å². The van der Waals surface area contributed by atoms with Gasteiger partial charge in [-0.2, -0.15) is 0 Å². The molecule has 0 bridgehead atoms. The van der Waals surface area contributed by atoms with Crippen LogP contribution in [0.25, 0.3) is 0 Å². The van der Waals surface area contributed by atoms with Crippen LogP contribution in [0.15, 0.2) is 24.5 Å². The van der Waals surface area contributed by atoms with Gasteiger partial charge in [0.05, 0.1) is 6.61 Å². The lowest BCUT2D eigenvalue weighted by atomic mass is 9.91. The van der Waals surface area contributed by atoms with Gasteiger partial charge in [0.2, 0.25) is 0 Å². The maximum absolute atomic E-state index is 11.5. The SMILES string of the molecule is COCCN(C)C(C)(C(=O)O)c1ccncc1. The van der Waals surface area contributed by atoms with Gasteiger partial charge in [-0.05, 0) is 31.7 Å². The van der Waals surface area contributed by atoms with Gasteiger partial charge in [-0.3, -0.25) is 9.88 Å². The lowest BCUT2D eigenvalue weighted by Gasteiger charge is -2.35. The fraction of sp³-hybridized carbons (Fsp3) is 0.500. The topological polar surface area (TPSA) is 62.7 Å². The molecule has 1 heterocycles. The van der Waals surface area contributed by atoms with Gasteiger partial charge in [0.15, 0.2) is 0 Å². The number of carbonyl (C=O) groups is 1. The normalized spacial score (nSPS) is 14.6. The van der Waals surface area contributed by atoms with Crippen molar-refractivity contribution in [2.45, 2.75) is 12.5 Å². The van der Waals surface area contributed by atoms with E-state index in [1.54, 1.807) is 50.5 Å². The lowest BCUT2D eigenvalue weighted by molar-refractivity contribution is -0.150. The molecule has 0 saturated carbocycles. The zero-order valence-corrected chi connectivity index (χ0v) is 10.4. The van der Waals surface area contributed by atoms with E-state index in [9.17, 15) is 9.90 Å². The van der Waals surface area contributed by atoms with Gasteiger partial charge in [0, 0.05) is 26.0 Å². The van der Waals surface area contributed by atoms with Crippen LogP contribution in [0.4, 0.5) is 0 Å². The summed E-state index contributed by atoms with van der Waals surface area (Å²) in [6.07, 6.45) is 3.20. The van der Waals surface area contributed by atoms with Gasteiger partial charge in [0.1, 0.15) is 5.54 Å². The Labute approximate surface area is 101 Å². The van der Waals surface area contributed by atoms with Gasteiger partial charge in [0.25, 0.3) is 0 Å². The minimum atomic E-state index is -1.07. The second-order valence-electron chi connectivity index (χ2n) is 4.03. The molecule has 0 spiro atoms. The summed E-state index contributed by atoms with van der Waals surface area (Å²) in [4.78, 5) is 17.2. The fourth-order valence-corrected chi connectivity index (χ4v) is 1.64. The Balaban J connectivity index is 3.01. The fourth-order valence-electron chi connectivity index (χ4n) is 1.64. The third-order valence-corrected chi connectivity index (χ3v) is 3.05. The summed E-state index contributed by atoms with van der Waals surface area (Å²) in [6.45, 7) is 2.71. The molecule has 0 radical (unpaired) electrons. The number of nitrogens with zero attached hydrogens (tertiary/aromatic N) is 2. The standard InChI is InChI=1S/C12H18N2O3/c1-12(11(15)16,14(2)8-9-17-3)10-4-6-13-7-5-10/h4-7H,8-9H2,1-3H3,(H,15,16). The van der Waals surface area contributed by atoms with E-state index in [0.717, 1.165) is 0 Å². The van der Waals surface area contributed by atoms with Crippen LogP contribution >= 0.6 is 0 Å². The number of likely N-dealkylation sites (N-methyl/N-ethyl adjacent to an activating group) is 1. The Hall–Kier alpha value is -1.46. The quantitative estimate of drug-likeness (QED) is 0.799. The average molecular weight is 238 g/mol. The highest BCUT2D eigenvalue weighted by atomic mass is 16.5. The molecule has 1 aromatic rings. The molecule has 0 aliphatic rings. The molecule has 1 unspecified atom stereocenters. The summed E-state index contributed by atoms with van der Waals surface area (Å²) in [5.74, 6) is -0.887. The molecule has 1 atom stereocenters. The number of rotatable bonds is 6. The molecule has 1 rings (SSSR count). The molecule has 0 saturated heterocycles. The molecule has 94 valence electrons. The lowest BCUT2D eigenvalue weighted by Crippen LogP contribution is -2.48. The van der Waals surface area contributed by atoms with Gasteiger partial charge in [-0.25, -0.2) is 4.79 Å². The molecule has 0 aliphatic heterocycles. The van der Waals surface area contributed by atoms with E-state index in [1.807, 2.05) is 0 Å². The van der Waals surface area contributed by atoms with Crippen molar-refractivity contribution in [2.75, 3.05) is 27.3 Å². The number of ether oxygens (including phenoxy) is 1. The maximum Gasteiger partial charge on any atom is 0.328 e. The van der Waals surface area contributed by atoms with E-state index < -0.39 is 11.5 Å². The first-order valence-electron chi connectivity index (χ1n) is 5.37. The Morgan fingerprint density at radius 3 is 2.59 bits per heavy atom. The predicted molar refractivity (Wildman–Crippen MR) is 63.7 cm³/mol. The Morgan fingerprint density at radius 1 is 1.53 bits per heavy atom. The molecule has 0 aromatic carbocycles. The average Bonchev–Trinajstić information content (AvgIpc) is 2.35. The van der Waals surface area contributed by atoms with Crippen LogP contribution in [0.1, 0.15) is 12.5 Å². The van der Waals surface area contributed by atoms with Crippen LogP contribution in [0.2, 0.25) is 0 Å². The van der Waals surface area contributed by atoms with E-state index in [1.165, 1.54) is 0 Å². The second-order valence-corrected chi connectivity index (χ2v) is 4.03. The van der Waals surface area contributed by atoms with E-state index in [0.29, 0.717) is 18.7 Å². The van der Waals surface area contributed by atoms with Crippen LogP contribution in [0.3, 0.4) is 0 Å². The molecule has 0 fully saturated rings. The van der Waals surface area contributed by atoms with E-state index >= 15 is 0 Å². The monoisotopic (exact) mass is 238 g/mol. The molecule has 17 heavy (non-hydrogen) atoms. The van der Waals surface area contributed by atoms with Gasteiger partial charge < -0.3 is 9.84 Å². The van der Waals surface area contributed by atoms with Crippen molar-refractivity contribution in [1.82, 2.24) is 9.88 Å². The van der Waals surface area contributed by atoms with Crippen molar-refractivity contribution in [1.29, 1.82) is 0 Å². The van der Waals surface area contributed by atoms with Gasteiger partial charge in [-0.15, -0.1) is 0 Å². The Kier molecular flexibility index (Phi) is 4.60. The van der Waals surface area contributed by atoms with Crippen molar-refractivity contribution in [2.24, 2.45) is 0 Å². The molecule has 0 aliphatic carbocycles. The van der Waals surface area contributed by atoms with Crippen molar-refractivity contribution in [3.05, 3.63) is 30.1 Å². The zero-order chi connectivity index (χ0) is 12.9. The smallest absolute Gasteiger partial charge is 0.328 e. The van der Waals surface area contributed by atoms with E-state index in [-0.39, 0.29) is 0 Å². The Bertz CT molecular complexity index is 369. The van der Waals surface area contributed by atoms with Crippen LogP contribution in [-0.2, 0) is 15.1 Å². The number of carboxylic acids is 1. The molecule has 5 nitrogen and oxygen atoms in total. The second kappa shape index (κ2) is 5.75. The number of carboxylic acid groups (broad SMARTS) is 1. The third-order valence-electron chi connectivity index (χ3n) is 3.05. The summed E-state index contributed by atoms with van der Waals surface area (Å²) in [5.41, 5.74) is -0.361. The predicted octanol–water partition coefficient (Wildman–Crippen LogP) is 0.960. The van der Waals surface area contributed by atoms with Gasteiger partial charge >= 0.3 is 5.97 Å². The summed E-state index contributed by atoms with van der Waals surface area (Å²) in [6, 6.07) is 3.44. The Morgan fingerprint density at radius 2 is 2.12 bits per heavy atom. The minimum absolute atomic E-state index is 0.491. The molecule has 0 amide bonds. The number of hydrogen-bond donors (Lipinski definition) is 1. The number of methoxy groups -OCH3 is 1. The maximum atomic E-state index is 11.5. The van der Waals surface area contributed by atoms with Crippen LogP contribution < -0.4 is 0 Å². The summed E-state index contributed by atoms with van der Waals surface area (Å²) >= 11 is 0. The van der Waals surface area contributed by atoms with Gasteiger partial charge in [-0.1, -0.05) is 0 Å². The molecule has 1 aromatic heterocycles. The molecule has 5 heteroatoms. The number of aromatic nitrogens is 1. The van der Waals surface area contributed by atoms with Crippen molar-refractivity contribution < 1.29 is 14.6 Å². The summed E-state index contributed by atoms with van der Waals surface area (Å²) < 4.78 is 4.98. The van der Waals surface area contributed by atoms with Crippen LogP contribution in [0, 0.1) is 0 Å². The summed E-state index contributed by atoms with van der Waals surface area (Å²) in [5, 5.41) is 9.45. The summed E-state index contributed by atoms with van der Waals surface area (Å²) in [7, 11) is 3.37. The first-order valence-corrected chi connectivity index (χ1v) is 5.37.